The monoisotopic (exact) mass is 196 g/mol. The fraction of sp³-hybridized carbons (Fsp3) is 0.571. The zero-order chi connectivity index (χ0) is 9.78. The van der Waals surface area contributed by atoms with Crippen molar-refractivity contribution in [3.05, 3.63) is 6.42 Å². The van der Waals surface area contributed by atoms with Crippen LogP contribution in [0.1, 0.15) is 0 Å². The molecule has 0 saturated heterocycles. The molecule has 13 heavy (non-hydrogen) atoms. The van der Waals surface area contributed by atoms with Gasteiger partial charge in [0.15, 0.2) is 11.9 Å². The minimum absolute atomic E-state index is 0. The Labute approximate surface area is 91.3 Å². The number of carbonyl (C=O) groups excluding carboxylic acids is 2. The first-order chi connectivity index (χ1) is 5.35. The maximum Gasteiger partial charge on any atom is 1.00 e. The number of esters is 1. The van der Waals surface area contributed by atoms with Crippen molar-refractivity contribution in [2.24, 2.45) is 0 Å². The van der Waals surface area contributed by atoms with Gasteiger partial charge in [-0.1, -0.05) is 0 Å². The van der Waals surface area contributed by atoms with Gasteiger partial charge in [-0.3, -0.25) is 9.59 Å². The Morgan fingerprint density at radius 1 is 1.15 bits per heavy atom. The van der Waals surface area contributed by atoms with Gasteiger partial charge in [-0.25, -0.2) is 0 Å². The van der Waals surface area contributed by atoms with Crippen molar-refractivity contribution in [1.29, 1.82) is 0 Å². The standard InChI is InChI=1S/C7H13O4Si.Li/c1-10-6(8)5-7(9)11-12(2,3)4;/h5H,1-4H3;/q-1;+1. The third-order valence-electron chi connectivity index (χ3n) is 0.844. The van der Waals surface area contributed by atoms with E-state index in [-0.39, 0.29) is 18.9 Å². The molecule has 0 aliphatic carbocycles. The van der Waals surface area contributed by atoms with Gasteiger partial charge < -0.3 is 9.16 Å². The van der Waals surface area contributed by atoms with Gasteiger partial charge in [0.25, 0.3) is 0 Å². The maximum absolute atomic E-state index is 10.9. The first kappa shape index (κ1) is 15.1. The van der Waals surface area contributed by atoms with Crippen LogP contribution in [0.3, 0.4) is 0 Å². The summed E-state index contributed by atoms with van der Waals surface area (Å²) in [5.41, 5.74) is 0. The van der Waals surface area contributed by atoms with E-state index in [1.165, 1.54) is 7.11 Å². The van der Waals surface area contributed by atoms with Crippen molar-refractivity contribution in [3.8, 4) is 0 Å². The molecule has 0 amide bonds. The summed E-state index contributed by atoms with van der Waals surface area (Å²) in [5, 5.41) is 0. The molecule has 0 aliphatic rings. The predicted octanol–water partition coefficient (Wildman–Crippen LogP) is -2.25. The summed E-state index contributed by atoms with van der Waals surface area (Å²) in [6.07, 6.45) is 0.804. The minimum Gasteiger partial charge on any atom is -0.540 e. The summed E-state index contributed by atoms with van der Waals surface area (Å²) in [5.74, 6) is -1.31. The van der Waals surface area contributed by atoms with E-state index in [9.17, 15) is 9.59 Å². The Morgan fingerprint density at radius 3 is 1.92 bits per heavy atom. The molecule has 0 bridgehead atoms. The van der Waals surface area contributed by atoms with E-state index in [1.54, 1.807) is 0 Å². The summed E-state index contributed by atoms with van der Waals surface area (Å²) in [7, 11) is -0.679. The van der Waals surface area contributed by atoms with E-state index >= 15 is 0 Å². The van der Waals surface area contributed by atoms with Gasteiger partial charge in [-0.15, -0.1) is 0 Å². The van der Waals surface area contributed by atoms with E-state index in [0.29, 0.717) is 0 Å². The molecular formula is C7H13LiO4Si. The van der Waals surface area contributed by atoms with Crippen LogP contribution in [-0.2, 0) is 18.8 Å². The molecule has 0 saturated carbocycles. The number of hydrogen-bond acceptors (Lipinski definition) is 4. The summed E-state index contributed by atoms with van der Waals surface area (Å²) in [6.45, 7) is 5.57. The van der Waals surface area contributed by atoms with Gasteiger partial charge in [0, 0.05) is 0 Å². The first-order valence-electron chi connectivity index (χ1n) is 3.51. The topological polar surface area (TPSA) is 52.6 Å². The Kier molecular flexibility index (Phi) is 7.13. The molecular weight excluding hydrogens is 183 g/mol. The normalized spacial score (nSPS) is 9.54. The molecule has 0 aromatic carbocycles. The average molecular weight is 196 g/mol. The first-order valence-corrected chi connectivity index (χ1v) is 6.91. The van der Waals surface area contributed by atoms with Crippen LogP contribution in [0.2, 0.25) is 19.6 Å². The van der Waals surface area contributed by atoms with Crippen molar-refractivity contribution >= 4 is 20.3 Å². The Hall–Kier alpha value is -0.376. The largest absolute Gasteiger partial charge is 1.00 e. The van der Waals surface area contributed by atoms with Crippen LogP contribution >= 0.6 is 0 Å². The van der Waals surface area contributed by atoms with Crippen LogP contribution in [0.15, 0.2) is 0 Å². The van der Waals surface area contributed by atoms with Crippen LogP contribution in [0.5, 0.6) is 0 Å². The van der Waals surface area contributed by atoms with Crippen molar-refractivity contribution in [1.82, 2.24) is 0 Å². The van der Waals surface area contributed by atoms with Crippen molar-refractivity contribution < 1.29 is 37.6 Å². The number of ether oxygens (including phenoxy) is 1. The van der Waals surface area contributed by atoms with Crippen LogP contribution in [0, 0.1) is 6.42 Å². The van der Waals surface area contributed by atoms with Crippen molar-refractivity contribution in [3.63, 3.8) is 0 Å². The molecule has 0 unspecified atom stereocenters. The summed E-state index contributed by atoms with van der Waals surface area (Å²) >= 11 is 0. The molecule has 0 fully saturated rings. The van der Waals surface area contributed by atoms with E-state index in [4.69, 9.17) is 4.43 Å². The molecule has 0 heterocycles. The predicted molar refractivity (Wildman–Crippen MR) is 45.8 cm³/mol. The molecule has 0 aromatic rings. The SMILES string of the molecule is COC(=O)[CH-]C(=O)O[Si](C)(C)C.[Li+]. The second-order valence-electron chi connectivity index (χ2n) is 3.20. The van der Waals surface area contributed by atoms with Crippen LogP contribution in [0.25, 0.3) is 0 Å². The summed E-state index contributed by atoms with van der Waals surface area (Å²) in [6, 6.07) is 0. The second-order valence-corrected chi connectivity index (χ2v) is 7.63. The van der Waals surface area contributed by atoms with Gasteiger partial charge in [0.2, 0.25) is 8.32 Å². The molecule has 0 atom stereocenters. The van der Waals surface area contributed by atoms with Gasteiger partial charge in [0.1, 0.15) is 0 Å². The zero-order valence-electron chi connectivity index (χ0n) is 8.71. The molecule has 0 rings (SSSR count). The van der Waals surface area contributed by atoms with Gasteiger partial charge >= 0.3 is 18.9 Å². The Morgan fingerprint density at radius 2 is 1.62 bits per heavy atom. The number of carbonyl (C=O) groups is 2. The van der Waals surface area contributed by atoms with E-state index < -0.39 is 20.3 Å². The molecule has 0 aromatic heterocycles. The van der Waals surface area contributed by atoms with Gasteiger partial charge in [0.05, 0.1) is 7.11 Å². The number of hydrogen-bond donors (Lipinski definition) is 0. The van der Waals surface area contributed by atoms with Crippen LogP contribution in [0.4, 0.5) is 0 Å². The summed E-state index contributed by atoms with van der Waals surface area (Å²) < 4.78 is 9.21. The van der Waals surface area contributed by atoms with Gasteiger partial charge in [-0.05, 0) is 19.6 Å². The zero-order valence-corrected chi connectivity index (χ0v) is 9.71. The fourth-order valence-electron chi connectivity index (χ4n) is 0.486. The number of rotatable bonds is 3. The molecule has 0 spiro atoms. The third-order valence-corrected chi connectivity index (χ3v) is 1.66. The molecule has 0 aliphatic heterocycles. The van der Waals surface area contributed by atoms with Crippen LogP contribution < -0.4 is 18.9 Å². The minimum atomic E-state index is -1.89. The fourth-order valence-corrected chi connectivity index (χ4v) is 1.15. The average Bonchev–Trinajstić information content (AvgIpc) is 1.82. The quantitative estimate of drug-likeness (QED) is 0.221. The Bertz CT molecular complexity index is 187. The third kappa shape index (κ3) is 9.54. The van der Waals surface area contributed by atoms with Gasteiger partial charge in [-0.2, -0.15) is 6.42 Å². The van der Waals surface area contributed by atoms with Crippen LogP contribution in [-0.4, -0.2) is 27.4 Å². The van der Waals surface area contributed by atoms with E-state index in [1.807, 2.05) is 19.6 Å². The molecule has 4 nitrogen and oxygen atoms in total. The maximum atomic E-state index is 10.9. The molecule has 0 N–H and O–H groups in total. The smallest absolute Gasteiger partial charge is 0.540 e. The van der Waals surface area contributed by atoms with E-state index in [2.05, 4.69) is 4.74 Å². The summed E-state index contributed by atoms with van der Waals surface area (Å²) in [4.78, 5) is 21.4. The Balaban J connectivity index is 0. The number of methoxy groups -OCH3 is 1. The van der Waals surface area contributed by atoms with Crippen molar-refractivity contribution in [2.45, 2.75) is 19.6 Å². The molecule has 70 valence electrons. The van der Waals surface area contributed by atoms with Crippen molar-refractivity contribution in [2.75, 3.05) is 7.11 Å². The molecule has 0 radical (unpaired) electrons. The second kappa shape index (κ2) is 6.14. The molecule has 6 heteroatoms. The van der Waals surface area contributed by atoms with E-state index in [0.717, 1.165) is 6.42 Å².